The fourth-order valence-corrected chi connectivity index (χ4v) is 2.80. The molecule has 1 fully saturated rings. The molecule has 0 saturated carbocycles. The van der Waals surface area contributed by atoms with Gasteiger partial charge in [0.1, 0.15) is 0 Å². The standard InChI is InChI=1S/C15H18N6O3/c1-10-9-13(22)19-15(17-10)20-7-4-11(5-8-20)18-14-12(21(23)24)3-2-6-16-14/h2-3,6,9,11H,4-5,7-8H2,1H3,(H,16,18)(H,17,19,22). The van der Waals surface area contributed by atoms with Crippen molar-refractivity contribution in [3.05, 3.63) is 50.6 Å². The summed E-state index contributed by atoms with van der Waals surface area (Å²) in [7, 11) is 0. The molecule has 2 N–H and O–H groups in total. The molecule has 9 nitrogen and oxygen atoms in total. The van der Waals surface area contributed by atoms with Crippen LogP contribution in [0.25, 0.3) is 0 Å². The average Bonchev–Trinajstić information content (AvgIpc) is 2.55. The normalized spacial score (nSPS) is 15.3. The highest BCUT2D eigenvalue weighted by Crippen LogP contribution is 2.24. The Morgan fingerprint density at radius 3 is 2.83 bits per heavy atom. The summed E-state index contributed by atoms with van der Waals surface area (Å²) in [6, 6.07) is 4.53. The number of pyridine rings is 1. The number of H-pyrrole nitrogens is 1. The van der Waals surface area contributed by atoms with Crippen LogP contribution in [0.15, 0.2) is 29.2 Å². The highest BCUT2D eigenvalue weighted by molar-refractivity contribution is 5.55. The van der Waals surface area contributed by atoms with E-state index in [9.17, 15) is 14.9 Å². The van der Waals surface area contributed by atoms with Crippen LogP contribution in [-0.4, -0.2) is 39.0 Å². The third kappa shape index (κ3) is 3.50. The maximum Gasteiger partial charge on any atom is 0.311 e. The van der Waals surface area contributed by atoms with Crippen LogP contribution in [0.1, 0.15) is 18.5 Å². The second-order valence-electron chi connectivity index (χ2n) is 5.74. The van der Waals surface area contributed by atoms with Crippen LogP contribution in [0.3, 0.4) is 0 Å². The van der Waals surface area contributed by atoms with Gasteiger partial charge in [-0.25, -0.2) is 9.97 Å². The van der Waals surface area contributed by atoms with Gasteiger partial charge in [0.05, 0.1) is 4.92 Å². The summed E-state index contributed by atoms with van der Waals surface area (Å²) in [5, 5.41) is 14.2. The zero-order valence-electron chi connectivity index (χ0n) is 13.2. The summed E-state index contributed by atoms with van der Waals surface area (Å²) in [6.45, 7) is 3.18. The Kier molecular flexibility index (Phi) is 4.41. The number of nitrogens with one attached hydrogen (secondary N) is 2. The zero-order chi connectivity index (χ0) is 17.1. The molecule has 0 aromatic carbocycles. The quantitative estimate of drug-likeness (QED) is 0.643. The third-order valence-electron chi connectivity index (χ3n) is 3.98. The van der Waals surface area contributed by atoms with Gasteiger partial charge in [-0.3, -0.25) is 19.9 Å². The van der Waals surface area contributed by atoms with Gasteiger partial charge in [0, 0.05) is 43.2 Å². The number of hydrogen-bond donors (Lipinski definition) is 2. The van der Waals surface area contributed by atoms with E-state index in [0.29, 0.717) is 30.5 Å². The van der Waals surface area contributed by atoms with Gasteiger partial charge < -0.3 is 10.2 Å². The first-order valence-corrected chi connectivity index (χ1v) is 7.72. The van der Waals surface area contributed by atoms with Crippen LogP contribution >= 0.6 is 0 Å². The summed E-state index contributed by atoms with van der Waals surface area (Å²) < 4.78 is 0. The second kappa shape index (κ2) is 6.65. The molecule has 24 heavy (non-hydrogen) atoms. The topological polar surface area (TPSA) is 117 Å². The monoisotopic (exact) mass is 330 g/mol. The molecule has 2 aromatic heterocycles. The SMILES string of the molecule is Cc1cc(=O)[nH]c(N2CCC(Nc3ncccc3[N+](=O)[O-])CC2)n1. The fourth-order valence-electron chi connectivity index (χ4n) is 2.80. The van der Waals surface area contributed by atoms with Crippen molar-refractivity contribution in [3.63, 3.8) is 0 Å². The lowest BCUT2D eigenvalue weighted by Crippen LogP contribution is -2.40. The van der Waals surface area contributed by atoms with Crippen molar-refractivity contribution in [2.24, 2.45) is 0 Å². The van der Waals surface area contributed by atoms with Crippen molar-refractivity contribution in [2.45, 2.75) is 25.8 Å². The van der Waals surface area contributed by atoms with Gasteiger partial charge in [-0.2, -0.15) is 0 Å². The first kappa shape index (κ1) is 15.9. The summed E-state index contributed by atoms with van der Waals surface area (Å²) in [6.07, 6.45) is 3.07. The van der Waals surface area contributed by atoms with E-state index < -0.39 is 4.92 Å². The highest BCUT2D eigenvalue weighted by atomic mass is 16.6. The third-order valence-corrected chi connectivity index (χ3v) is 3.98. The molecule has 9 heteroatoms. The minimum atomic E-state index is -0.439. The molecular formula is C15H18N6O3. The summed E-state index contributed by atoms with van der Waals surface area (Å²) >= 11 is 0. The van der Waals surface area contributed by atoms with Gasteiger partial charge in [-0.05, 0) is 25.8 Å². The van der Waals surface area contributed by atoms with Gasteiger partial charge in [-0.1, -0.05) is 0 Å². The number of nitro groups is 1. The van der Waals surface area contributed by atoms with Crippen molar-refractivity contribution in [1.82, 2.24) is 15.0 Å². The number of hydrogen-bond acceptors (Lipinski definition) is 7. The van der Waals surface area contributed by atoms with E-state index in [0.717, 1.165) is 12.8 Å². The van der Waals surface area contributed by atoms with Crippen LogP contribution in [-0.2, 0) is 0 Å². The molecule has 3 heterocycles. The van der Waals surface area contributed by atoms with E-state index in [1.807, 2.05) is 4.90 Å². The highest BCUT2D eigenvalue weighted by Gasteiger charge is 2.23. The Balaban J connectivity index is 1.65. The molecular weight excluding hydrogens is 312 g/mol. The maximum absolute atomic E-state index is 11.6. The van der Waals surface area contributed by atoms with Crippen molar-refractivity contribution < 1.29 is 4.92 Å². The molecule has 126 valence electrons. The Morgan fingerprint density at radius 2 is 2.17 bits per heavy atom. The molecule has 0 aliphatic carbocycles. The molecule has 0 bridgehead atoms. The Labute approximate surface area is 137 Å². The van der Waals surface area contributed by atoms with E-state index in [2.05, 4.69) is 20.3 Å². The van der Waals surface area contributed by atoms with E-state index in [1.54, 1.807) is 13.0 Å². The van der Waals surface area contributed by atoms with Gasteiger partial charge in [0.15, 0.2) is 0 Å². The lowest BCUT2D eigenvalue weighted by Gasteiger charge is -2.32. The average molecular weight is 330 g/mol. The largest absolute Gasteiger partial charge is 0.361 e. The number of aromatic amines is 1. The number of nitrogens with zero attached hydrogens (tertiary/aromatic N) is 4. The molecule has 0 spiro atoms. The number of rotatable bonds is 4. The van der Waals surface area contributed by atoms with E-state index in [4.69, 9.17) is 0 Å². The van der Waals surface area contributed by atoms with Crippen LogP contribution in [0.5, 0.6) is 0 Å². The van der Waals surface area contributed by atoms with Gasteiger partial charge in [-0.15, -0.1) is 0 Å². The summed E-state index contributed by atoms with van der Waals surface area (Å²) in [4.78, 5) is 35.3. The number of aryl methyl sites for hydroxylation is 1. The fraction of sp³-hybridized carbons (Fsp3) is 0.400. The Hall–Kier alpha value is -2.97. The lowest BCUT2D eigenvalue weighted by molar-refractivity contribution is -0.384. The Bertz CT molecular complexity index is 798. The Morgan fingerprint density at radius 1 is 1.42 bits per heavy atom. The predicted octanol–water partition coefficient (Wildman–Crippen LogP) is 1.46. The number of piperidine rings is 1. The predicted molar refractivity (Wildman–Crippen MR) is 89.3 cm³/mol. The molecule has 1 saturated heterocycles. The molecule has 0 radical (unpaired) electrons. The van der Waals surface area contributed by atoms with Crippen molar-refractivity contribution >= 4 is 17.5 Å². The first-order chi connectivity index (χ1) is 11.5. The van der Waals surface area contributed by atoms with Crippen molar-refractivity contribution in [2.75, 3.05) is 23.3 Å². The molecule has 0 amide bonds. The van der Waals surface area contributed by atoms with E-state index in [-0.39, 0.29) is 17.3 Å². The molecule has 1 aliphatic rings. The van der Waals surface area contributed by atoms with Gasteiger partial charge in [0.25, 0.3) is 5.56 Å². The summed E-state index contributed by atoms with van der Waals surface area (Å²) in [5.41, 5.74) is 0.490. The number of anilines is 2. The molecule has 1 aliphatic heterocycles. The minimum Gasteiger partial charge on any atom is -0.361 e. The molecule has 2 aromatic rings. The molecule has 0 unspecified atom stereocenters. The second-order valence-corrected chi connectivity index (χ2v) is 5.74. The van der Waals surface area contributed by atoms with Crippen LogP contribution in [0.2, 0.25) is 0 Å². The first-order valence-electron chi connectivity index (χ1n) is 7.72. The van der Waals surface area contributed by atoms with Crippen molar-refractivity contribution in [1.29, 1.82) is 0 Å². The minimum absolute atomic E-state index is 0.0235. The molecule has 3 rings (SSSR count). The zero-order valence-corrected chi connectivity index (χ0v) is 13.2. The van der Waals surface area contributed by atoms with Crippen LogP contribution in [0, 0.1) is 17.0 Å². The van der Waals surface area contributed by atoms with Gasteiger partial charge in [0.2, 0.25) is 11.8 Å². The van der Waals surface area contributed by atoms with Crippen molar-refractivity contribution in [3.8, 4) is 0 Å². The van der Waals surface area contributed by atoms with Crippen LogP contribution < -0.4 is 15.8 Å². The lowest BCUT2D eigenvalue weighted by atomic mass is 10.1. The van der Waals surface area contributed by atoms with E-state index >= 15 is 0 Å². The van der Waals surface area contributed by atoms with Gasteiger partial charge >= 0.3 is 5.69 Å². The van der Waals surface area contributed by atoms with Crippen LogP contribution in [0.4, 0.5) is 17.5 Å². The molecule has 0 atom stereocenters. The smallest absolute Gasteiger partial charge is 0.311 e. The maximum atomic E-state index is 11.6. The van der Waals surface area contributed by atoms with E-state index in [1.165, 1.54) is 18.3 Å². The number of aromatic nitrogens is 3. The summed E-state index contributed by atoms with van der Waals surface area (Å²) in [5.74, 6) is 0.866.